The minimum absolute atomic E-state index is 0.290. The number of rotatable bonds is 6. The predicted octanol–water partition coefficient (Wildman–Crippen LogP) is 2.86. The van der Waals surface area contributed by atoms with Crippen molar-refractivity contribution >= 4 is 10.8 Å². The first-order valence-electron chi connectivity index (χ1n) is 6.25. The lowest BCUT2D eigenvalue weighted by Crippen LogP contribution is -2.20. The van der Waals surface area contributed by atoms with E-state index in [0.717, 1.165) is 11.0 Å². The average Bonchev–Trinajstić information content (AvgIpc) is 2.46. The molecule has 0 aliphatic rings. The minimum atomic E-state index is -1.07. The van der Waals surface area contributed by atoms with Crippen LogP contribution in [0.2, 0.25) is 0 Å². The Hall–Kier alpha value is -1.59. The monoisotopic (exact) mass is 295 g/mol. The number of hydrogen-bond acceptors (Lipinski definition) is 2. The van der Waals surface area contributed by atoms with E-state index in [0.29, 0.717) is 17.9 Å². The van der Waals surface area contributed by atoms with E-state index in [2.05, 4.69) is 5.32 Å². The molecule has 0 aliphatic carbocycles. The minimum Gasteiger partial charge on any atom is -0.312 e. The molecule has 0 aliphatic heterocycles. The molecular formula is C15H15F2NOS. The first-order valence-corrected chi connectivity index (χ1v) is 7.57. The van der Waals surface area contributed by atoms with Gasteiger partial charge in [-0.25, -0.2) is 8.78 Å². The highest BCUT2D eigenvalue weighted by Crippen LogP contribution is 2.09. The molecule has 2 aromatic rings. The Balaban J connectivity index is 1.78. The van der Waals surface area contributed by atoms with Gasteiger partial charge in [0.2, 0.25) is 0 Å². The lowest BCUT2D eigenvalue weighted by molar-refractivity contribution is 0.563. The zero-order chi connectivity index (χ0) is 14.4. The Kier molecular flexibility index (Phi) is 5.38. The second-order valence-corrected chi connectivity index (χ2v) is 5.85. The third-order valence-electron chi connectivity index (χ3n) is 2.80. The van der Waals surface area contributed by atoms with Crippen molar-refractivity contribution in [3.8, 4) is 0 Å². The molecule has 106 valence electrons. The van der Waals surface area contributed by atoms with Gasteiger partial charge in [0.25, 0.3) is 0 Å². The van der Waals surface area contributed by atoms with Crippen LogP contribution in [0.1, 0.15) is 5.56 Å². The summed E-state index contributed by atoms with van der Waals surface area (Å²) in [7, 11) is -1.07. The molecular weight excluding hydrogens is 280 g/mol. The molecule has 1 atom stereocenters. The highest BCUT2D eigenvalue weighted by atomic mass is 32.2. The van der Waals surface area contributed by atoms with Crippen LogP contribution in [-0.4, -0.2) is 16.5 Å². The molecule has 1 N–H and O–H groups in total. The van der Waals surface area contributed by atoms with Crippen LogP contribution < -0.4 is 5.32 Å². The van der Waals surface area contributed by atoms with Gasteiger partial charge in [0.1, 0.15) is 11.6 Å². The molecule has 2 aromatic carbocycles. The van der Waals surface area contributed by atoms with E-state index in [4.69, 9.17) is 0 Å². The van der Waals surface area contributed by atoms with E-state index in [1.54, 1.807) is 0 Å². The van der Waals surface area contributed by atoms with Crippen LogP contribution in [0.4, 0.5) is 8.78 Å². The number of benzene rings is 2. The van der Waals surface area contributed by atoms with Gasteiger partial charge in [-0.05, 0) is 18.2 Å². The van der Waals surface area contributed by atoms with Crippen LogP contribution in [0.3, 0.4) is 0 Å². The zero-order valence-electron chi connectivity index (χ0n) is 10.8. The standard InChI is InChI=1S/C15H15F2NOS/c16-13-7-6-12(15(17)10-13)11-18-8-9-20(19)14-4-2-1-3-5-14/h1-7,10,18H,8-9,11H2/t20-/m0/s1. The molecule has 0 heterocycles. The molecule has 0 saturated carbocycles. The predicted molar refractivity (Wildman–Crippen MR) is 75.8 cm³/mol. The van der Waals surface area contributed by atoms with Crippen molar-refractivity contribution in [3.63, 3.8) is 0 Å². The first-order chi connectivity index (χ1) is 9.66. The van der Waals surface area contributed by atoms with Crippen LogP contribution in [0, 0.1) is 11.6 Å². The first kappa shape index (κ1) is 14.8. The maximum absolute atomic E-state index is 13.4. The maximum atomic E-state index is 13.4. The molecule has 0 saturated heterocycles. The Bertz CT molecular complexity index is 590. The molecule has 2 nitrogen and oxygen atoms in total. The smallest absolute Gasteiger partial charge is 0.130 e. The quantitative estimate of drug-likeness (QED) is 0.830. The van der Waals surface area contributed by atoms with Crippen LogP contribution in [0.15, 0.2) is 53.4 Å². The van der Waals surface area contributed by atoms with Crippen LogP contribution in [-0.2, 0) is 17.3 Å². The lowest BCUT2D eigenvalue weighted by atomic mass is 10.2. The normalized spacial score (nSPS) is 12.3. The SMILES string of the molecule is O=[S@@](CCNCc1ccc(F)cc1F)c1ccccc1. The van der Waals surface area contributed by atoms with Crippen LogP contribution in [0.25, 0.3) is 0 Å². The Morgan fingerprint density at radius 3 is 2.50 bits per heavy atom. The van der Waals surface area contributed by atoms with Gasteiger partial charge in [0.15, 0.2) is 0 Å². The van der Waals surface area contributed by atoms with Crippen molar-refractivity contribution in [3.05, 3.63) is 65.7 Å². The lowest BCUT2D eigenvalue weighted by Gasteiger charge is -2.06. The van der Waals surface area contributed by atoms with E-state index in [9.17, 15) is 13.0 Å². The summed E-state index contributed by atoms with van der Waals surface area (Å²) in [5, 5.41) is 3.01. The largest absolute Gasteiger partial charge is 0.312 e. The molecule has 0 bridgehead atoms. The summed E-state index contributed by atoms with van der Waals surface area (Å²) in [4.78, 5) is 0.780. The van der Waals surface area contributed by atoms with Gasteiger partial charge in [0.05, 0.1) is 10.8 Å². The van der Waals surface area contributed by atoms with Gasteiger partial charge in [-0.2, -0.15) is 0 Å². The fourth-order valence-electron chi connectivity index (χ4n) is 1.74. The third-order valence-corrected chi connectivity index (χ3v) is 4.17. The van der Waals surface area contributed by atoms with E-state index >= 15 is 0 Å². The highest BCUT2D eigenvalue weighted by Gasteiger charge is 2.05. The summed E-state index contributed by atoms with van der Waals surface area (Å²) >= 11 is 0. The summed E-state index contributed by atoms with van der Waals surface area (Å²) < 4.78 is 38.0. The summed E-state index contributed by atoms with van der Waals surface area (Å²) in [6.07, 6.45) is 0. The Morgan fingerprint density at radius 2 is 1.80 bits per heavy atom. The van der Waals surface area contributed by atoms with Crippen molar-refractivity contribution in [2.45, 2.75) is 11.4 Å². The van der Waals surface area contributed by atoms with Crippen LogP contribution in [0.5, 0.6) is 0 Å². The van der Waals surface area contributed by atoms with Gasteiger partial charge >= 0.3 is 0 Å². The second-order valence-electron chi connectivity index (χ2n) is 4.28. The highest BCUT2D eigenvalue weighted by molar-refractivity contribution is 7.85. The molecule has 0 amide bonds. The molecule has 0 aromatic heterocycles. The zero-order valence-corrected chi connectivity index (χ0v) is 11.6. The van der Waals surface area contributed by atoms with E-state index in [-0.39, 0.29) is 6.54 Å². The fraction of sp³-hybridized carbons (Fsp3) is 0.200. The number of nitrogens with one attached hydrogen (secondary N) is 1. The molecule has 0 radical (unpaired) electrons. The topological polar surface area (TPSA) is 29.1 Å². The summed E-state index contributed by atoms with van der Waals surface area (Å²) in [5.74, 6) is -0.703. The van der Waals surface area contributed by atoms with Crippen molar-refractivity contribution in [1.82, 2.24) is 5.32 Å². The Labute approximate surface area is 119 Å². The van der Waals surface area contributed by atoms with E-state index in [1.807, 2.05) is 30.3 Å². The summed E-state index contributed by atoms with van der Waals surface area (Å²) in [6, 6.07) is 12.7. The molecule has 5 heteroatoms. The van der Waals surface area contributed by atoms with Crippen molar-refractivity contribution in [1.29, 1.82) is 0 Å². The number of halogens is 2. The van der Waals surface area contributed by atoms with Gasteiger partial charge in [-0.1, -0.05) is 24.3 Å². The molecule has 20 heavy (non-hydrogen) atoms. The van der Waals surface area contributed by atoms with Gasteiger partial charge in [-0.15, -0.1) is 0 Å². The maximum Gasteiger partial charge on any atom is 0.130 e. The summed E-state index contributed by atoms with van der Waals surface area (Å²) in [6.45, 7) is 0.788. The van der Waals surface area contributed by atoms with Gasteiger partial charge in [0, 0.05) is 35.4 Å². The van der Waals surface area contributed by atoms with Gasteiger partial charge < -0.3 is 5.32 Å². The third kappa shape index (κ3) is 4.21. The van der Waals surface area contributed by atoms with Crippen molar-refractivity contribution in [2.75, 3.05) is 12.3 Å². The average molecular weight is 295 g/mol. The molecule has 2 rings (SSSR count). The van der Waals surface area contributed by atoms with Gasteiger partial charge in [-0.3, -0.25) is 4.21 Å². The molecule has 0 unspecified atom stereocenters. The molecule has 0 fully saturated rings. The van der Waals surface area contributed by atoms with E-state index in [1.165, 1.54) is 12.1 Å². The fourth-order valence-corrected chi connectivity index (χ4v) is 2.77. The van der Waals surface area contributed by atoms with Crippen molar-refractivity contribution < 1.29 is 13.0 Å². The van der Waals surface area contributed by atoms with Crippen LogP contribution >= 0.6 is 0 Å². The Morgan fingerprint density at radius 1 is 1.05 bits per heavy atom. The molecule has 0 spiro atoms. The van der Waals surface area contributed by atoms with Crippen molar-refractivity contribution in [2.24, 2.45) is 0 Å². The number of hydrogen-bond donors (Lipinski definition) is 1. The summed E-state index contributed by atoms with van der Waals surface area (Å²) in [5.41, 5.74) is 0.400. The van der Waals surface area contributed by atoms with E-state index < -0.39 is 22.4 Å². The second kappa shape index (κ2) is 7.26.